The molecule has 0 unspecified atom stereocenters. The zero-order chi connectivity index (χ0) is 14.0. The van der Waals surface area contributed by atoms with E-state index in [2.05, 4.69) is 20.8 Å². The highest BCUT2D eigenvalue weighted by atomic mass is 16.3. The maximum atomic E-state index is 12.6. The van der Waals surface area contributed by atoms with Crippen LogP contribution >= 0.6 is 0 Å². The second-order valence-corrected chi connectivity index (χ2v) is 6.31. The van der Waals surface area contributed by atoms with Crippen molar-refractivity contribution in [2.45, 2.75) is 52.1 Å². The van der Waals surface area contributed by atoms with Crippen molar-refractivity contribution in [1.29, 1.82) is 0 Å². The van der Waals surface area contributed by atoms with Gasteiger partial charge in [0.15, 0.2) is 5.78 Å². The Kier molecular flexibility index (Phi) is 2.50. The van der Waals surface area contributed by atoms with Crippen LogP contribution in [0.5, 0.6) is 0 Å². The lowest BCUT2D eigenvalue weighted by Gasteiger charge is -2.39. The second kappa shape index (κ2) is 3.69. The third-order valence-electron chi connectivity index (χ3n) is 5.30. The number of carbonyl (C=O) groups is 1. The van der Waals surface area contributed by atoms with Crippen LogP contribution in [-0.4, -0.2) is 16.5 Å². The van der Waals surface area contributed by atoms with Gasteiger partial charge in [-0.25, -0.2) is 0 Å². The summed E-state index contributed by atoms with van der Waals surface area (Å²) < 4.78 is 0. The fourth-order valence-corrected chi connectivity index (χ4v) is 3.91. The summed E-state index contributed by atoms with van der Waals surface area (Å²) in [6, 6.07) is 0. The van der Waals surface area contributed by atoms with E-state index in [4.69, 9.17) is 0 Å². The van der Waals surface area contributed by atoms with Gasteiger partial charge < -0.3 is 5.11 Å². The monoisotopic (exact) mass is 257 g/mol. The molecule has 3 aliphatic rings. The van der Waals surface area contributed by atoms with Gasteiger partial charge in [0.1, 0.15) is 5.60 Å². The van der Waals surface area contributed by atoms with E-state index in [1.165, 1.54) is 11.1 Å². The Morgan fingerprint density at radius 3 is 2.53 bits per heavy atom. The highest BCUT2D eigenvalue weighted by Crippen LogP contribution is 2.65. The van der Waals surface area contributed by atoms with Crippen molar-refractivity contribution in [2.24, 2.45) is 5.41 Å². The van der Waals surface area contributed by atoms with Crippen LogP contribution in [0.3, 0.4) is 0 Å². The van der Waals surface area contributed by atoms with Crippen LogP contribution in [0.25, 0.3) is 0 Å². The summed E-state index contributed by atoms with van der Waals surface area (Å²) >= 11 is 0. The predicted octanol–water partition coefficient (Wildman–Crippen LogP) is 3.29. The molecule has 0 aliphatic heterocycles. The molecule has 0 saturated heterocycles. The minimum atomic E-state index is -1.23. The number of carbonyl (C=O) groups excluding carboxylic acids is 1. The Balaban J connectivity index is 2.21. The third kappa shape index (κ3) is 1.38. The van der Waals surface area contributed by atoms with Crippen LogP contribution in [0.15, 0.2) is 33.9 Å². The smallest absolute Gasteiger partial charge is 0.195 e. The van der Waals surface area contributed by atoms with Gasteiger partial charge in [-0.3, -0.25) is 4.79 Å². The average molecular weight is 257 g/mol. The van der Waals surface area contributed by atoms with Crippen molar-refractivity contribution in [1.82, 2.24) is 0 Å². The molecule has 0 aromatic heterocycles. The Bertz CT molecular complexity index is 566. The first-order valence-corrected chi connectivity index (χ1v) is 7.07. The third-order valence-corrected chi connectivity index (χ3v) is 5.30. The molecule has 0 heterocycles. The van der Waals surface area contributed by atoms with Gasteiger partial charge in [-0.2, -0.15) is 0 Å². The molecular formula is C17H21O2. The summed E-state index contributed by atoms with van der Waals surface area (Å²) in [5, 5.41) is 10.7. The molecular weight excluding hydrogens is 236 g/mol. The van der Waals surface area contributed by atoms with Gasteiger partial charge in [0.2, 0.25) is 0 Å². The SMILES string of the molecule is [CH2]CCC1=C(C)C=C2C(=O)[C@](C)(O)C3(CC3)C(C)=C21. The van der Waals surface area contributed by atoms with Gasteiger partial charge >= 0.3 is 0 Å². The minimum Gasteiger partial charge on any atom is -0.381 e. The van der Waals surface area contributed by atoms with E-state index in [0.717, 1.165) is 42.4 Å². The second-order valence-electron chi connectivity index (χ2n) is 6.31. The first kappa shape index (κ1) is 12.9. The number of aliphatic hydroxyl groups is 1. The number of ketones is 1. The first-order chi connectivity index (χ1) is 8.87. The van der Waals surface area contributed by atoms with Crippen molar-refractivity contribution >= 4 is 5.78 Å². The molecule has 1 spiro atoms. The molecule has 1 atom stereocenters. The maximum Gasteiger partial charge on any atom is 0.195 e. The quantitative estimate of drug-likeness (QED) is 0.824. The highest BCUT2D eigenvalue weighted by molar-refractivity contribution is 6.10. The number of hydrogen-bond donors (Lipinski definition) is 1. The topological polar surface area (TPSA) is 37.3 Å². The van der Waals surface area contributed by atoms with E-state index in [1.54, 1.807) is 6.92 Å². The summed E-state index contributed by atoms with van der Waals surface area (Å²) in [6.07, 6.45) is 5.54. The van der Waals surface area contributed by atoms with Crippen molar-refractivity contribution in [2.75, 3.05) is 0 Å². The number of Topliss-reactive ketones (excluding diaryl/α,β-unsaturated/α-hetero) is 1. The fourth-order valence-electron chi connectivity index (χ4n) is 3.91. The predicted molar refractivity (Wildman–Crippen MR) is 75.4 cm³/mol. The van der Waals surface area contributed by atoms with Crippen LogP contribution in [0.2, 0.25) is 0 Å². The first-order valence-electron chi connectivity index (χ1n) is 7.07. The molecule has 0 aromatic rings. The molecule has 1 fully saturated rings. The van der Waals surface area contributed by atoms with Crippen LogP contribution in [0, 0.1) is 12.3 Å². The zero-order valence-electron chi connectivity index (χ0n) is 12.0. The van der Waals surface area contributed by atoms with Crippen molar-refractivity contribution < 1.29 is 9.90 Å². The highest BCUT2D eigenvalue weighted by Gasteiger charge is 2.64. The van der Waals surface area contributed by atoms with Gasteiger partial charge in [-0.1, -0.05) is 12.5 Å². The molecule has 3 rings (SSSR count). The van der Waals surface area contributed by atoms with E-state index in [-0.39, 0.29) is 11.2 Å². The van der Waals surface area contributed by atoms with Crippen LogP contribution < -0.4 is 0 Å². The number of hydrogen-bond acceptors (Lipinski definition) is 2. The largest absolute Gasteiger partial charge is 0.381 e. The Morgan fingerprint density at radius 2 is 2.00 bits per heavy atom. The normalized spacial score (nSPS) is 32.1. The van der Waals surface area contributed by atoms with Crippen molar-refractivity contribution in [3.8, 4) is 0 Å². The summed E-state index contributed by atoms with van der Waals surface area (Å²) in [5.41, 5.74) is 3.95. The molecule has 0 amide bonds. The minimum absolute atomic E-state index is 0.0935. The Morgan fingerprint density at radius 1 is 1.37 bits per heavy atom. The van der Waals surface area contributed by atoms with E-state index in [1.807, 2.05) is 6.08 Å². The van der Waals surface area contributed by atoms with E-state index in [0.29, 0.717) is 0 Å². The van der Waals surface area contributed by atoms with Gasteiger partial charge in [-0.05, 0) is 69.2 Å². The van der Waals surface area contributed by atoms with Gasteiger partial charge in [0, 0.05) is 11.0 Å². The molecule has 0 aromatic carbocycles. The lowest BCUT2D eigenvalue weighted by molar-refractivity contribution is -0.137. The van der Waals surface area contributed by atoms with E-state index >= 15 is 0 Å². The summed E-state index contributed by atoms with van der Waals surface area (Å²) in [4.78, 5) is 12.6. The van der Waals surface area contributed by atoms with E-state index < -0.39 is 5.60 Å². The Labute approximate surface area is 114 Å². The van der Waals surface area contributed by atoms with Gasteiger partial charge in [0.05, 0.1) is 0 Å². The maximum absolute atomic E-state index is 12.6. The summed E-state index contributed by atoms with van der Waals surface area (Å²) in [5.74, 6) is -0.0935. The standard InChI is InChI=1S/C17H21O2/c1-5-6-12-10(2)9-13-14(12)11(3)17(7-8-17)16(4,19)15(13)18/h9,19H,1,5-8H2,2-4H3/t16-/m0/s1. The molecule has 2 nitrogen and oxygen atoms in total. The van der Waals surface area contributed by atoms with E-state index in [9.17, 15) is 9.90 Å². The molecule has 1 saturated carbocycles. The van der Waals surface area contributed by atoms with Crippen LogP contribution in [0.1, 0.15) is 46.5 Å². The molecule has 101 valence electrons. The number of allylic oxidation sites excluding steroid dienone is 4. The molecule has 1 N–H and O–H groups in total. The zero-order valence-corrected chi connectivity index (χ0v) is 12.0. The molecule has 3 aliphatic carbocycles. The average Bonchev–Trinajstić information content (AvgIpc) is 3.10. The lowest BCUT2D eigenvalue weighted by Crippen LogP contribution is -2.49. The van der Waals surface area contributed by atoms with Gasteiger partial charge in [0.25, 0.3) is 0 Å². The van der Waals surface area contributed by atoms with Crippen molar-refractivity contribution in [3.63, 3.8) is 0 Å². The van der Waals surface area contributed by atoms with Crippen LogP contribution in [0.4, 0.5) is 0 Å². The lowest BCUT2D eigenvalue weighted by atomic mass is 9.67. The number of fused-ring (bicyclic) bond motifs is 1. The van der Waals surface area contributed by atoms with Gasteiger partial charge in [-0.15, -0.1) is 0 Å². The molecule has 1 radical (unpaired) electrons. The van der Waals surface area contributed by atoms with Crippen molar-refractivity contribution in [3.05, 3.63) is 40.9 Å². The fraction of sp³-hybridized carbons (Fsp3) is 0.529. The summed E-state index contributed by atoms with van der Waals surface area (Å²) in [7, 11) is 0. The summed E-state index contributed by atoms with van der Waals surface area (Å²) in [6.45, 7) is 9.77. The Hall–Kier alpha value is -1.15. The number of rotatable bonds is 2. The molecule has 2 heteroatoms. The molecule has 0 bridgehead atoms. The van der Waals surface area contributed by atoms with Crippen LogP contribution in [-0.2, 0) is 4.79 Å². The molecule has 19 heavy (non-hydrogen) atoms.